The van der Waals surface area contributed by atoms with E-state index in [4.69, 9.17) is 36.5 Å². The molecule has 1 aromatic carbocycles. The minimum Gasteiger partial charge on any atom is -0.496 e. The Morgan fingerprint density at radius 3 is 2.60 bits per heavy atom. The van der Waals surface area contributed by atoms with Gasteiger partial charge in [0.25, 0.3) is 0 Å². The van der Waals surface area contributed by atoms with Crippen LogP contribution in [0.2, 0.25) is 5.02 Å². The third-order valence-corrected chi connectivity index (χ3v) is 5.43. The third-order valence-electron chi connectivity index (χ3n) is 5.13. The Morgan fingerprint density at radius 1 is 1.13 bits per heavy atom. The zero-order chi connectivity index (χ0) is 21.1. The molecule has 0 radical (unpaired) electrons. The number of fused-ring (bicyclic) bond motifs is 1. The van der Waals surface area contributed by atoms with Crippen LogP contribution in [0.1, 0.15) is 0 Å². The van der Waals surface area contributed by atoms with Crippen LogP contribution in [-0.2, 0) is 4.74 Å². The number of nitrogens with one attached hydrogen (secondary N) is 1. The van der Waals surface area contributed by atoms with E-state index < -0.39 is 0 Å². The highest BCUT2D eigenvalue weighted by Gasteiger charge is 2.19. The molecule has 9 heteroatoms. The van der Waals surface area contributed by atoms with Gasteiger partial charge in [0.2, 0.25) is 0 Å². The quantitative estimate of drug-likeness (QED) is 0.594. The molecule has 4 rings (SSSR count). The van der Waals surface area contributed by atoms with Gasteiger partial charge in [0.05, 0.1) is 49.5 Å². The zero-order valence-corrected chi connectivity index (χ0v) is 17.9. The lowest BCUT2D eigenvalue weighted by Gasteiger charge is -2.30. The number of hydrogen-bond acceptors (Lipinski definition) is 7. The summed E-state index contributed by atoms with van der Waals surface area (Å²) in [5, 5.41) is 3.93. The van der Waals surface area contributed by atoms with Gasteiger partial charge in [0.15, 0.2) is 0 Å². The first kappa shape index (κ1) is 20.6. The van der Waals surface area contributed by atoms with Crippen molar-refractivity contribution in [2.24, 2.45) is 5.73 Å². The van der Waals surface area contributed by atoms with Gasteiger partial charge >= 0.3 is 0 Å². The molecule has 160 valence electrons. The van der Waals surface area contributed by atoms with Crippen molar-refractivity contribution in [3.8, 4) is 22.8 Å². The van der Waals surface area contributed by atoms with E-state index in [2.05, 4.69) is 16.3 Å². The Kier molecular flexibility index (Phi) is 6.17. The summed E-state index contributed by atoms with van der Waals surface area (Å²) in [6.07, 6.45) is 4.01. The predicted octanol–water partition coefficient (Wildman–Crippen LogP) is 2.88. The Labute approximate surface area is 180 Å². The number of rotatable bonds is 7. The van der Waals surface area contributed by atoms with Crippen LogP contribution in [0.15, 0.2) is 30.6 Å². The maximum atomic E-state index is 6.36. The van der Waals surface area contributed by atoms with Crippen molar-refractivity contribution >= 4 is 28.6 Å². The van der Waals surface area contributed by atoms with Crippen LogP contribution in [0.25, 0.3) is 16.9 Å². The number of hydrogen-bond donors (Lipinski definition) is 2. The number of nitrogens with zero attached hydrogens (tertiary/aromatic N) is 3. The highest BCUT2D eigenvalue weighted by Crippen LogP contribution is 2.38. The molecule has 0 aliphatic carbocycles. The molecule has 1 aliphatic rings. The first-order valence-electron chi connectivity index (χ1n) is 9.86. The first-order chi connectivity index (χ1) is 14.6. The van der Waals surface area contributed by atoms with E-state index >= 15 is 0 Å². The number of imidazole rings is 1. The van der Waals surface area contributed by atoms with E-state index in [1.165, 1.54) is 0 Å². The van der Waals surface area contributed by atoms with Crippen LogP contribution < -0.4 is 25.4 Å². The average molecular weight is 432 g/mol. The van der Waals surface area contributed by atoms with E-state index in [1.807, 2.05) is 22.9 Å². The summed E-state index contributed by atoms with van der Waals surface area (Å²) in [4.78, 5) is 7.15. The molecule has 0 saturated carbocycles. The lowest BCUT2D eigenvalue weighted by Crippen LogP contribution is -2.36. The number of ether oxygens (including phenoxy) is 3. The van der Waals surface area contributed by atoms with E-state index in [0.717, 1.165) is 41.4 Å². The molecule has 1 aliphatic heterocycles. The average Bonchev–Trinajstić information content (AvgIpc) is 3.20. The van der Waals surface area contributed by atoms with E-state index in [1.54, 1.807) is 20.3 Å². The summed E-state index contributed by atoms with van der Waals surface area (Å²) in [5.41, 5.74) is 10.2. The number of aromatic nitrogens is 2. The Balaban J connectivity index is 1.79. The predicted molar refractivity (Wildman–Crippen MR) is 119 cm³/mol. The molecule has 8 nitrogen and oxygen atoms in total. The van der Waals surface area contributed by atoms with E-state index in [0.29, 0.717) is 42.8 Å². The van der Waals surface area contributed by atoms with Crippen LogP contribution in [-0.4, -0.2) is 63.0 Å². The number of benzene rings is 1. The fourth-order valence-corrected chi connectivity index (χ4v) is 3.86. The maximum Gasteiger partial charge on any atom is 0.141 e. The van der Waals surface area contributed by atoms with Crippen molar-refractivity contribution < 1.29 is 14.2 Å². The third kappa shape index (κ3) is 3.98. The highest BCUT2D eigenvalue weighted by atomic mass is 35.5. The zero-order valence-electron chi connectivity index (χ0n) is 17.2. The number of methoxy groups -OCH3 is 2. The van der Waals surface area contributed by atoms with E-state index in [-0.39, 0.29) is 0 Å². The molecular weight excluding hydrogens is 406 g/mol. The summed E-state index contributed by atoms with van der Waals surface area (Å²) >= 11 is 6.36. The minimum absolute atomic E-state index is 0.504. The molecule has 3 N–H and O–H groups in total. The van der Waals surface area contributed by atoms with Gasteiger partial charge in [-0.15, -0.1) is 0 Å². The fraction of sp³-hybridized carbons (Fsp3) is 0.381. The van der Waals surface area contributed by atoms with E-state index in [9.17, 15) is 0 Å². The van der Waals surface area contributed by atoms with Crippen LogP contribution in [0.4, 0.5) is 11.4 Å². The molecule has 3 heterocycles. The maximum absolute atomic E-state index is 6.36. The molecule has 0 atom stereocenters. The number of nitrogens with two attached hydrogens (primary N) is 1. The molecule has 0 unspecified atom stereocenters. The second-order valence-electron chi connectivity index (χ2n) is 6.97. The van der Waals surface area contributed by atoms with Gasteiger partial charge < -0.3 is 34.6 Å². The summed E-state index contributed by atoms with van der Waals surface area (Å²) in [5.74, 6) is 1.21. The Bertz CT molecular complexity index is 1030. The molecule has 0 spiro atoms. The van der Waals surface area contributed by atoms with Crippen molar-refractivity contribution in [1.29, 1.82) is 0 Å². The lowest BCUT2D eigenvalue weighted by molar-refractivity contribution is 0.123. The number of anilines is 2. The van der Waals surface area contributed by atoms with Gasteiger partial charge in [-0.05, 0) is 6.07 Å². The van der Waals surface area contributed by atoms with Crippen LogP contribution >= 0.6 is 11.6 Å². The van der Waals surface area contributed by atoms with Crippen molar-refractivity contribution in [3.05, 3.63) is 35.6 Å². The van der Waals surface area contributed by atoms with Crippen molar-refractivity contribution in [1.82, 2.24) is 9.38 Å². The van der Waals surface area contributed by atoms with Gasteiger partial charge in [-0.3, -0.25) is 0 Å². The van der Waals surface area contributed by atoms with Crippen LogP contribution in [0.5, 0.6) is 11.5 Å². The molecule has 0 amide bonds. The van der Waals surface area contributed by atoms with Gasteiger partial charge in [-0.2, -0.15) is 0 Å². The minimum atomic E-state index is 0.504. The second-order valence-corrected chi connectivity index (χ2v) is 7.37. The van der Waals surface area contributed by atoms with Crippen molar-refractivity contribution in [2.75, 3.05) is 63.8 Å². The van der Waals surface area contributed by atoms with Crippen molar-refractivity contribution in [3.63, 3.8) is 0 Å². The van der Waals surface area contributed by atoms with Crippen molar-refractivity contribution in [2.45, 2.75) is 0 Å². The largest absolute Gasteiger partial charge is 0.496 e. The standard InChI is InChI=1S/C21H26ClN5O3/c1-28-19-11-20(29-2)15(22)9-14(19)16-12-27-13-17(24-4-3-23)18(10-21(27)25-16)26-5-7-30-8-6-26/h9-13,24H,3-8,23H2,1-2H3. The van der Waals surface area contributed by atoms with Crippen LogP contribution in [0.3, 0.4) is 0 Å². The molecular formula is C21H26ClN5O3. The topological polar surface area (TPSA) is 86.3 Å². The molecule has 1 fully saturated rings. The molecule has 2 aromatic heterocycles. The normalized spacial score (nSPS) is 14.2. The fourth-order valence-electron chi connectivity index (χ4n) is 3.62. The van der Waals surface area contributed by atoms with Gasteiger partial charge in [0, 0.05) is 56.3 Å². The summed E-state index contributed by atoms with van der Waals surface area (Å²) < 4.78 is 18.4. The van der Waals surface area contributed by atoms with Gasteiger partial charge in [-0.1, -0.05) is 11.6 Å². The van der Waals surface area contributed by atoms with Crippen LogP contribution in [0, 0.1) is 0 Å². The second kappa shape index (κ2) is 8.99. The number of halogens is 1. The summed E-state index contributed by atoms with van der Waals surface area (Å²) in [6, 6.07) is 5.68. The number of pyridine rings is 1. The molecule has 1 saturated heterocycles. The number of morpholine rings is 1. The van der Waals surface area contributed by atoms with Gasteiger partial charge in [0.1, 0.15) is 17.1 Å². The first-order valence-corrected chi connectivity index (χ1v) is 10.2. The lowest BCUT2D eigenvalue weighted by atomic mass is 10.1. The Hall–Kier alpha value is -2.68. The molecule has 3 aromatic rings. The molecule has 30 heavy (non-hydrogen) atoms. The summed E-state index contributed by atoms with van der Waals surface area (Å²) in [7, 11) is 3.20. The van der Waals surface area contributed by atoms with Gasteiger partial charge in [-0.25, -0.2) is 4.98 Å². The molecule has 0 bridgehead atoms. The Morgan fingerprint density at radius 2 is 1.90 bits per heavy atom. The SMILES string of the molecule is COc1cc(OC)c(-c2cn3cc(NCCN)c(N4CCOCC4)cc3n2)cc1Cl. The summed E-state index contributed by atoms with van der Waals surface area (Å²) in [6.45, 7) is 4.33. The highest BCUT2D eigenvalue weighted by molar-refractivity contribution is 6.32. The monoisotopic (exact) mass is 431 g/mol. The smallest absolute Gasteiger partial charge is 0.141 e.